The summed E-state index contributed by atoms with van der Waals surface area (Å²) < 4.78 is 5.38. The van der Waals surface area contributed by atoms with Gasteiger partial charge in [-0.05, 0) is 75.6 Å². The Morgan fingerprint density at radius 2 is 1.77 bits per heavy atom. The van der Waals surface area contributed by atoms with Gasteiger partial charge in [0.1, 0.15) is 0 Å². The largest absolute Gasteiger partial charge is 0.378 e. The molecule has 1 aliphatic rings. The van der Waals surface area contributed by atoms with Crippen LogP contribution in [0.2, 0.25) is 0 Å². The van der Waals surface area contributed by atoms with Crippen molar-refractivity contribution < 1.29 is 14.3 Å². The number of carbonyl (C=O) groups is 2. The number of ether oxygens (including phenoxy) is 1. The lowest BCUT2D eigenvalue weighted by Gasteiger charge is -2.28. The second-order valence-electron chi connectivity index (χ2n) is 10.8. The Morgan fingerprint density at radius 1 is 1.02 bits per heavy atom. The number of aryl methyl sites for hydroxylation is 3. The molecular weight excluding hydrogens is 506 g/mol. The summed E-state index contributed by atoms with van der Waals surface area (Å²) in [7, 11) is 0. The second-order valence-corrected chi connectivity index (χ2v) is 10.8. The lowest BCUT2D eigenvalue weighted by Crippen LogP contribution is -2.40. The van der Waals surface area contributed by atoms with Gasteiger partial charge in [-0.25, -0.2) is 0 Å². The van der Waals surface area contributed by atoms with E-state index in [4.69, 9.17) is 4.74 Å². The van der Waals surface area contributed by atoms with Crippen molar-refractivity contribution >= 4 is 22.7 Å². The number of rotatable bonds is 6. The van der Waals surface area contributed by atoms with Gasteiger partial charge in [0.25, 0.3) is 17.4 Å². The number of hydrogen-bond donors (Lipinski definition) is 2. The first kappa shape index (κ1) is 27.3. The topological polar surface area (TPSA) is 111 Å². The number of carbonyl (C=O) groups excluding carboxylic acids is 2. The summed E-state index contributed by atoms with van der Waals surface area (Å²) in [6.45, 7) is 11.9. The van der Waals surface area contributed by atoms with Crippen LogP contribution in [0.4, 0.5) is 0 Å². The van der Waals surface area contributed by atoms with Crippen molar-refractivity contribution in [2.45, 2.75) is 47.2 Å². The Morgan fingerprint density at radius 3 is 2.48 bits per heavy atom. The summed E-state index contributed by atoms with van der Waals surface area (Å²) >= 11 is 0. The maximum absolute atomic E-state index is 14.2. The van der Waals surface area contributed by atoms with Crippen molar-refractivity contribution in [2.24, 2.45) is 0 Å². The zero-order valence-corrected chi connectivity index (χ0v) is 23.6. The van der Waals surface area contributed by atoms with Gasteiger partial charge in [0.2, 0.25) is 0 Å². The molecule has 0 saturated carbocycles. The number of nitrogens with zero attached hydrogens (tertiary/aromatic N) is 3. The van der Waals surface area contributed by atoms with Crippen LogP contribution < -0.4 is 5.56 Å². The van der Waals surface area contributed by atoms with Gasteiger partial charge < -0.3 is 24.5 Å². The molecule has 40 heavy (non-hydrogen) atoms. The van der Waals surface area contributed by atoms with E-state index in [2.05, 4.69) is 15.0 Å². The van der Waals surface area contributed by atoms with Crippen LogP contribution >= 0.6 is 0 Å². The number of amides is 2. The van der Waals surface area contributed by atoms with Gasteiger partial charge in [-0.2, -0.15) is 0 Å². The maximum atomic E-state index is 14.2. The van der Waals surface area contributed by atoms with Gasteiger partial charge in [-0.15, -0.1) is 0 Å². The molecule has 0 spiro atoms. The van der Waals surface area contributed by atoms with Crippen LogP contribution in [-0.2, 0) is 11.3 Å². The fourth-order valence-corrected chi connectivity index (χ4v) is 5.33. The molecule has 1 aliphatic heterocycles. The zero-order chi connectivity index (χ0) is 28.6. The normalized spacial score (nSPS) is 13.7. The first-order valence-corrected chi connectivity index (χ1v) is 13.6. The molecule has 0 bridgehead atoms. The first-order chi connectivity index (χ1) is 19.1. The van der Waals surface area contributed by atoms with E-state index in [0.717, 1.165) is 38.9 Å². The van der Waals surface area contributed by atoms with Crippen LogP contribution in [0, 0.1) is 20.8 Å². The number of H-pyrrole nitrogens is 2. The smallest absolute Gasteiger partial charge is 0.255 e. The minimum Gasteiger partial charge on any atom is -0.378 e. The number of nitrogens with one attached hydrogen (secondary N) is 2. The molecule has 3 aromatic heterocycles. The molecule has 0 atom stereocenters. The van der Waals surface area contributed by atoms with E-state index >= 15 is 0 Å². The van der Waals surface area contributed by atoms with Crippen molar-refractivity contribution in [3.63, 3.8) is 0 Å². The van der Waals surface area contributed by atoms with E-state index in [1.165, 1.54) is 0 Å². The summed E-state index contributed by atoms with van der Waals surface area (Å²) in [6, 6.07) is 7.45. The number of benzene rings is 1. The summed E-state index contributed by atoms with van der Waals surface area (Å²) in [5.74, 6) is -0.257. The summed E-state index contributed by atoms with van der Waals surface area (Å²) in [4.78, 5) is 54.2. The number of pyridine rings is 2. The van der Waals surface area contributed by atoms with Crippen molar-refractivity contribution in [1.29, 1.82) is 0 Å². The van der Waals surface area contributed by atoms with Gasteiger partial charge in [0.15, 0.2) is 0 Å². The molecule has 0 radical (unpaired) electrons. The Labute approximate surface area is 233 Å². The molecule has 4 heterocycles. The molecule has 0 unspecified atom stereocenters. The Balaban J connectivity index is 1.56. The predicted molar refractivity (Wildman–Crippen MR) is 155 cm³/mol. The lowest BCUT2D eigenvalue weighted by atomic mass is 9.97. The van der Waals surface area contributed by atoms with E-state index < -0.39 is 0 Å². The number of hydrogen-bond acceptors (Lipinski definition) is 5. The molecule has 4 aromatic rings. The maximum Gasteiger partial charge on any atom is 0.255 e. The molecule has 1 aromatic carbocycles. The number of aromatic amines is 2. The molecule has 1 fully saturated rings. The molecule has 2 N–H and O–H groups in total. The highest BCUT2D eigenvalue weighted by Crippen LogP contribution is 2.31. The average Bonchev–Trinajstić information content (AvgIpc) is 3.32. The van der Waals surface area contributed by atoms with Crippen LogP contribution in [-0.4, -0.2) is 68.9 Å². The highest BCUT2D eigenvalue weighted by atomic mass is 16.5. The molecule has 5 rings (SSSR count). The predicted octanol–water partition coefficient (Wildman–Crippen LogP) is 4.37. The lowest BCUT2D eigenvalue weighted by molar-refractivity contribution is 0.0302. The minimum atomic E-state index is -0.180. The Hall–Kier alpha value is -4.24. The van der Waals surface area contributed by atoms with Crippen molar-refractivity contribution in [1.82, 2.24) is 24.8 Å². The highest BCUT2D eigenvalue weighted by molar-refractivity contribution is 6.09. The van der Waals surface area contributed by atoms with Gasteiger partial charge >= 0.3 is 0 Å². The number of aromatic nitrogens is 3. The van der Waals surface area contributed by atoms with Crippen LogP contribution in [0.15, 0.2) is 47.7 Å². The molecule has 9 nitrogen and oxygen atoms in total. The van der Waals surface area contributed by atoms with E-state index in [-0.39, 0.29) is 30.0 Å². The summed E-state index contributed by atoms with van der Waals surface area (Å²) in [5, 5.41) is 0.836. The molecule has 9 heteroatoms. The fourth-order valence-electron chi connectivity index (χ4n) is 5.33. The number of morpholine rings is 1. The fraction of sp³-hybridized carbons (Fsp3) is 0.355. The molecule has 208 valence electrons. The Bertz CT molecular complexity index is 1650. The second kappa shape index (κ2) is 11.1. The van der Waals surface area contributed by atoms with Crippen molar-refractivity contribution in [2.75, 3.05) is 26.3 Å². The molecule has 0 aliphatic carbocycles. The SMILES string of the molecule is Cc1cc(C)c(CN(C(=O)c2cc(-c3cncc(C(=O)N4CCOCC4)c3)cc3[nH]cc(C)c23)C(C)C)c(=O)[nH]1. The first-order valence-electron chi connectivity index (χ1n) is 13.6. The van der Waals surface area contributed by atoms with E-state index in [1.54, 1.807) is 22.2 Å². The Kier molecular flexibility index (Phi) is 7.58. The third kappa shape index (κ3) is 5.29. The third-order valence-electron chi connectivity index (χ3n) is 7.53. The van der Waals surface area contributed by atoms with Gasteiger partial charge in [-0.3, -0.25) is 19.4 Å². The standard InChI is InChI=1S/C31H35N5O4/c1-18(2)36(17-26-19(3)10-21(5)34-29(26)37)31(39)25-12-22(13-27-28(25)20(4)14-33-27)23-11-24(16-32-15-23)30(38)35-6-8-40-9-7-35/h10-16,18,33H,6-9,17H2,1-5H3,(H,34,37). The van der Waals surface area contributed by atoms with E-state index in [0.29, 0.717) is 43.0 Å². The molecule has 2 amide bonds. The van der Waals surface area contributed by atoms with Gasteiger partial charge in [0.05, 0.1) is 25.3 Å². The number of fused-ring (bicyclic) bond motifs is 1. The summed E-state index contributed by atoms with van der Waals surface area (Å²) in [5.41, 5.74) is 6.34. The van der Waals surface area contributed by atoms with E-state index in [9.17, 15) is 14.4 Å². The van der Waals surface area contributed by atoms with Gasteiger partial charge in [-0.1, -0.05) is 0 Å². The summed E-state index contributed by atoms with van der Waals surface area (Å²) in [6.07, 6.45) is 5.17. The highest BCUT2D eigenvalue weighted by Gasteiger charge is 2.25. The molecular formula is C31H35N5O4. The minimum absolute atomic E-state index is 0.0876. The van der Waals surface area contributed by atoms with Crippen LogP contribution in [0.5, 0.6) is 0 Å². The van der Waals surface area contributed by atoms with E-state index in [1.807, 2.05) is 65.1 Å². The van der Waals surface area contributed by atoms with Crippen molar-refractivity contribution in [3.05, 3.63) is 86.7 Å². The van der Waals surface area contributed by atoms with Crippen LogP contribution in [0.25, 0.3) is 22.0 Å². The van der Waals surface area contributed by atoms with Crippen molar-refractivity contribution in [3.8, 4) is 11.1 Å². The van der Waals surface area contributed by atoms with Gasteiger partial charge in [0, 0.05) is 71.0 Å². The monoisotopic (exact) mass is 541 g/mol. The average molecular weight is 542 g/mol. The third-order valence-corrected chi connectivity index (χ3v) is 7.53. The zero-order valence-electron chi connectivity index (χ0n) is 23.6. The quantitative estimate of drug-likeness (QED) is 0.377. The molecule has 1 saturated heterocycles. The van der Waals surface area contributed by atoms with Crippen LogP contribution in [0.3, 0.4) is 0 Å². The van der Waals surface area contributed by atoms with Crippen LogP contribution in [0.1, 0.15) is 56.9 Å².